The zero-order valence-electron chi connectivity index (χ0n) is 9.57. The summed E-state index contributed by atoms with van der Waals surface area (Å²) in [6, 6.07) is 5.60. The van der Waals surface area contributed by atoms with Crippen molar-refractivity contribution in [2.24, 2.45) is 0 Å². The highest BCUT2D eigenvalue weighted by Crippen LogP contribution is 2.26. The van der Waals surface area contributed by atoms with E-state index in [1.807, 2.05) is 18.2 Å². The Kier molecular flexibility index (Phi) is 5.49. The van der Waals surface area contributed by atoms with E-state index in [1.54, 1.807) is 7.11 Å². The molecule has 88 valence electrons. The summed E-state index contributed by atoms with van der Waals surface area (Å²) in [5.41, 5.74) is 1.77. The molecule has 0 unspecified atom stereocenters. The highest BCUT2D eigenvalue weighted by atomic mass is 79.9. The van der Waals surface area contributed by atoms with E-state index in [1.165, 1.54) is 0 Å². The van der Waals surface area contributed by atoms with Crippen LogP contribution in [0.15, 0.2) is 22.7 Å². The Labute approximate surface area is 105 Å². The second kappa shape index (κ2) is 6.66. The molecule has 0 amide bonds. The van der Waals surface area contributed by atoms with Crippen LogP contribution in [0.3, 0.4) is 0 Å². The Hall–Kier alpha value is -0.870. The molecule has 1 aromatic rings. The molecule has 0 aromatic heterocycles. The maximum Gasteiger partial charge on any atom is 0.150 e. The topological polar surface area (TPSA) is 29.5 Å². The number of nitrogens with zero attached hydrogens (tertiary/aromatic N) is 1. The molecule has 0 atom stereocenters. The van der Waals surface area contributed by atoms with E-state index in [9.17, 15) is 4.79 Å². The Morgan fingerprint density at radius 1 is 1.50 bits per heavy atom. The normalized spacial score (nSPS) is 10.2. The number of halogens is 1. The van der Waals surface area contributed by atoms with E-state index in [0.29, 0.717) is 12.2 Å². The van der Waals surface area contributed by atoms with E-state index in [-0.39, 0.29) is 0 Å². The van der Waals surface area contributed by atoms with E-state index >= 15 is 0 Å². The van der Waals surface area contributed by atoms with Gasteiger partial charge in [0.25, 0.3) is 0 Å². The number of benzene rings is 1. The standard InChI is InChI=1S/C12H16BrNO2/c1-3-14(6-7-16-2)12-5-4-10(9-15)8-11(12)13/h4-5,8-9H,3,6-7H2,1-2H3. The highest BCUT2D eigenvalue weighted by Gasteiger charge is 2.08. The monoisotopic (exact) mass is 285 g/mol. The van der Waals surface area contributed by atoms with Gasteiger partial charge in [-0.05, 0) is 41.1 Å². The smallest absolute Gasteiger partial charge is 0.150 e. The van der Waals surface area contributed by atoms with Crippen LogP contribution in [0.1, 0.15) is 17.3 Å². The van der Waals surface area contributed by atoms with Crippen molar-refractivity contribution >= 4 is 27.9 Å². The van der Waals surface area contributed by atoms with Crippen molar-refractivity contribution in [2.45, 2.75) is 6.92 Å². The molecule has 0 aliphatic heterocycles. The van der Waals surface area contributed by atoms with Crippen molar-refractivity contribution in [2.75, 3.05) is 31.7 Å². The van der Waals surface area contributed by atoms with Gasteiger partial charge in [0.2, 0.25) is 0 Å². The number of methoxy groups -OCH3 is 1. The SMILES string of the molecule is CCN(CCOC)c1ccc(C=O)cc1Br. The minimum atomic E-state index is 0.679. The molecular formula is C12H16BrNO2. The number of ether oxygens (including phenoxy) is 1. The largest absolute Gasteiger partial charge is 0.383 e. The van der Waals surface area contributed by atoms with E-state index in [2.05, 4.69) is 27.8 Å². The van der Waals surface area contributed by atoms with Crippen molar-refractivity contribution in [1.29, 1.82) is 0 Å². The molecule has 1 rings (SSSR count). The number of carbonyl (C=O) groups excluding carboxylic acids is 1. The summed E-state index contributed by atoms with van der Waals surface area (Å²) in [7, 11) is 1.69. The molecule has 0 radical (unpaired) electrons. The fourth-order valence-corrected chi connectivity index (χ4v) is 2.15. The van der Waals surface area contributed by atoms with Crippen LogP contribution in [0, 0.1) is 0 Å². The van der Waals surface area contributed by atoms with E-state index < -0.39 is 0 Å². The molecule has 4 heteroatoms. The minimum absolute atomic E-state index is 0.679. The van der Waals surface area contributed by atoms with Crippen molar-refractivity contribution in [3.05, 3.63) is 28.2 Å². The van der Waals surface area contributed by atoms with Crippen LogP contribution in [-0.4, -0.2) is 33.1 Å². The van der Waals surface area contributed by atoms with Gasteiger partial charge in [0.15, 0.2) is 0 Å². The van der Waals surface area contributed by atoms with Gasteiger partial charge in [-0.15, -0.1) is 0 Å². The first-order valence-electron chi connectivity index (χ1n) is 5.21. The van der Waals surface area contributed by atoms with Crippen LogP contribution >= 0.6 is 15.9 Å². The maximum absolute atomic E-state index is 10.6. The lowest BCUT2D eigenvalue weighted by molar-refractivity contribution is 0.112. The Balaban J connectivity index is 2.87. The molecule has 0 saturated heterocycles. The number of likely N-dealkylation sites (N-methyl/N-ethyl adjacent to an activating group) is 1. The second-order valence-electron chi connectivity index (χ2n) is 3.40. The highest BCUT2D eigenvalue weighted by molar-refractivity contribution is 9.10. The van der Waals surface area contributed by atoms with Gasteiger partial charge in [-0.1, -0.05) is 0 Å². The molecule has 0 aliphatic rings. The average molecular weight is 286 g/mol. The molecule has 16 heavy (non-hydrogen) atoms. The van der Waals surface area contributed by atoms with Gasteiger partial charge >= 0.3 is 0 Å². The molecule has 0 spiro atoms. The summed E-state index contributed by atoms with van der Waals surface area (Å²) < 4.78 is 6.01. The quantitative estimate of drug-likeness (QED) is 0.753. The van der Waals surface area contributed by atoms with Gasteiger partial charge in [-0.2, -0.15) is 0 Å². The number of carbonyl (C=O) groups is 1. The number of anilines is 1. The van der Waals surface area contributed by atoms with Gasteiger partial charge in [0.1, 0.15) is 6.29 Å². The van der Waals surface area contributed by atoms with Crippen LogP contribution in [0.2, 0.25) is 0 Å². The number of hydrogen-bond donors (Lipinski definition) is 0. The first-order valence-corrected chi connectivity index (χ1v) is 6.00. The lowest BCUT2D eigenvalue weighted by atomic mass is 10.2. The summed E-state index contributed by atoms with van der Waals surface area (Å²) in [4.78, 5) is 12.8. The zero-order valence-corrected chi connectivity index (χ0v) is 11.2. The number of hydrogen-bond acceptors (Lipinski definition) is 3. The summed E-state index contributed by atoms with van der Waals surface area (Å²) in [5.74, 6) is 0. The summed E-state index contributed by atoms with van der Waals surface area (Å²) in [6.45, 7) is 4.53. The van der Waals surface area contributed by atoms with Crippen molar-refractivity contribution in [3.8, 4) is 0 Å². The van der Waals surface area contributed by atoms with Crippen molar-refractivity contribution in [3.63, 3.8) is 0 Å². The predicted octanol–water partition coefficient (Wildman–Crippen LogP) is 2.73. The van der Waals surface area contributed by atoms with Crippen molar-refractivity contribution < 1.29 is 9.53 Å². The van der Waals surface area contributed by atoms with E-state index in [0.717, 1.165) is 29.5 Å². The van der Waals surface area contributed by atoms with Crippen LogP contribution in [0.5, 0.6) is 0 Å². The van der Waals surface area contributed by atoms with Gasteiger partial charge < -0.3 is 9.64 Å². The predicted molar refractivity (Wildman–Crippen MR) is 69.3 cm³/mol. The third-order valence-electron chi connectivity index (χ3n) is 2.40. The number of rotatable bonds is 6. The van der Waals surface area contributed by atoms with Crippen LogP contribution in [-0.2, 0) is 4.74 Å². The van der Waals surface area contributed by atoms with E-state index in [4.69, 9.17) is 4.74 Å². The summed E-state index contributed by atoms with van der Waals surface area (Å²) in [6.07, 6.45) is 0.847. The maximum atomic E-state index is 10.6. The lowest BCUT2D eigenvalue weighted by Gasteiger charge is -2.24. The molecule has 1 aromatic carbocycles. The van der Waals surface area contributed by atoms with Gasteiger partial charge in [0, 0.05) is 30.2 Å². The fraction of sp³-hybridized carbons (Fsp3) is 0.417. The molecule has 0 heterocycles. The third kappa shape index (κ3) is 3.32. The lowest BCUT2D eigenvalue weighted by Crippen LogP contribution is -2.27. The minimum Gasteiger partial charge on any atom is -0.383 e. The van der Waals surface area contributed by atoms with Crippen LogP contribution in [0.4, 0.5) is 5.69 Å². The molecule has 0 fully saturated rings. The molecule has 0 N–H and O–H groups in total. The van der Waals surface area contributed by atoms with Crippen molar-refractivity contribution in [1.82, 2.24) is 0 Å². The van der Waals surface area contributed by atoms with Gasteiger partial charge in [-0.3, -0.25) is 4.79 Å². The average Bonchev–Trinajstić information content (AvgIpc) is 2.31. The summed E-state index contributed by atoms with van der Waals surface area (Å²) >= 11 is 3.48. The fourth-order valence-electron chi connectivity index (χ4n) is 1.50. The first-order chi connectivity index (χ1) is 7.72. The van der Waals surface area contributed by atoms with Crippen LogP contribution < -0.4 is 4.90 Å². The molecule has 3 nitrogen and oxygen atoms in total. The molecule has 0 aliphatic carbocycles. The molecule has 0 saturated carbocycles. The Morgan fingerprint density at radius 2 is 2.25 bits per heavy atom. The number of aldehydes is 1. The third-order valence-corrected chi connectivity index (χ3v) is 3.03. The Bertz CT molecular complexity index is 355. The van der Waals surface area contributed by atoms with Gasteiger partial charge in [0.05, 0.1) is 12.3 Å². The van der Waals surface area contributed by atoms with Crippen LogP contribution in [0.25, 0.3) is 0 Å². The molecular weight excluding hydrogens is 270 g/mol. The Morgan fingerprint density at radius 3 is 2.75 bits per heavy atom. The van der Waals surface area contributed by atoms with Gasteiger partial charge in [-0.25, -0.2) is 0 Å². The zero-order chi connectivity index (χ0) is 12.0. The second-order valence-corrected chi connectivity index (χ2v) is 4.26. The first kappa shape index (κ1) is 13.2. The molecule has 0 bridgehead atoms. The summed E-state index contributed by atoms with van der Waals surface area (Å²) in [5, 5.41) is 0.